The van der Waals surface area contributed by atoms with Crippen molar-refractivity contribution in [2.45, 2.75) is 83.1 Å². The first kappa shape index (κ1) is 21.1. The van der Waals surface area contributed by atoms with Gasteiger partial charge in [0.2, 0.25) is 0 Å². The van der Waals surface area contributed by atoms with Gasteiger partial charge >= 0.3 is 0 Å². The molecule has 0 spiro atoms. The highest BCUT2D eigenvalue weighted by Crippen LogP contribution is 2.46. The van der Waals surface area contributed by atoms with Gasteiger partial charge in [-0.25, -0.2) is 0 Å². The summed E-state index contributed by atoms with van der Waals surface area (Å²) < 4.78 is 0.103. The summed E-state index contributed by atoms with van der Waals surface area (Å²) in [6.07, 6.45) is 2.35. The maximum atomic E-state index is 2.36. The van der Waals surface area contributed by atoms with Gasteiger partial charge in [-0.1, -0.05) is 83.1 Å². The predicted molar refractivity (Wildman–Crippen MR) is 119 cm³/mol. The lowest BCUT2D eigenvalue weighted by atomic mass is 9.94. The molecule has 0 N–H and O–H groups in total. The number of rotatable bonds is 8. The third-order valence-electron chi connectivity index (χ3n) is 5.57. The maximum absolute atomic E-state index is 2.36. The molecular formula is C25H36S. The Balaban J connectivity index is 2.17. The van der Waals surface area contributed by atoms with Crippen molar-refractivity contribution in [2.24, 2.45) is 0 Å². The highest BCUT2D eigenvalue weighted by Gasteiger charge is 2.26. The fourth-order valence-corrected chi connectivity index (χ4v) is 4.80. The van der Waals surface area contributed by atoms with E-state index in [9.17, 15) is 0 Å². The maximum Gasteiger partial charge on any atom is 0.0358 e. The summed E-state index contributed by atoms with van der Waals surface area (Å²) in [5, 5.41) is 0.528. The first-order valence-corrected chi connectivity index (χ1v) is 11.0. The van der Waals surface area contributed by atoms with Gasteiger partial charge in [-0.05, 0) is 60.8 Å². The molecule has 2 rings (SSSR count). The van der Waals surface area contributed by atoms with Crippen molar-refractivity contribution < 1.29 is 0 Å². The zero-order valence-corrected chi connectivity index (χ0v) is 18.5. The van der Waals surface area contributed by atoms with E-state index in [-0.39, 0.29) is 4.75 Å². The second-order valence-electron chi connectivity index (χ2n) is 8.28. The van der Waals surface area contributed by atoms with E-state index in [0.29, 0.717) is 17.1 Å². The van der Waals surface area contributed by atoms with Gasteiger partial charge in [-0.15, -0.1) is 11.8 Å². The van der Waals surface area contributed by atoms with Gasteiger partial charge in [0, 0.05) is 10.00 Å². The molecule has 142 valence electrons. The van der Waals surface area contributed by atoms with Crippen LogP contribution in [0.1, 0.15) is 101 Å². The first-order valence-electron chi connectivity index (χ1n) is 10.2. The third-order valence-corrected chi connectivity index (χ3v) is 7.28. The van der Waals surface area contributed by atoms with E-state index in [2.05, 4.69) is 109 Å². The highest BCUT2D eigenvalue weighted by molar-refractivity contribution is 8.00. The van der Waals surface area contributed by atoms with E-state index in [1.54, 1.807) is 0 Å². The third kappa shape index (κ3) is 5.16. The molecule has 0 aliphatic rings. The predicted octanol–water partition coefficient (Wildman–Crippen LogP) is 8.44. The first-order chi connectivity index (χ1) is 12.3. The smallest absolute Gasteiger partial charge is 0.0358 e. The Labute approximate surface area is 165 Å². The monoisotopic (exact) mass is 368 g/mol. The van der Waals surface area contributed by atoms with E-state index >= 15 is 0 Å². The Kier molecular flexibility index (Phi) is 7.41. The van der Waals surface area contributed by atoms with Crippen LogP contribution in [0.3, 0.4) is 0 Å². The van der Waals surface area contributed by atoms with Crippen LogP contribution >= 0.6 is 11.8 Å². The van der Waals surface area contributed by atoms with Crippen LogP contribution in [-0.4, -0.2) is 0 Å². The van der Waals surface area contributed by atoms with Gasteiger partial charge in [0.1, 0.15) is 0 Å². The second kappa shape index (κ2) is 9.13. The molecule has 26 heavy (non-hydrogen) atoms. The van der Waals surface area contributed by atoms with Crippen molar-refractivity contribution in [3.8, 4) is 0 Å². The van der Waals surface area contributed by atoms with Crippen LogP contribution in [-0.2, 0) is 4.75 Å². The van der Waals surface area contributed by atoms with Crippen LogP contribution in [0.2, 0.25) is 0 Å². The minimum absolute atomic E-state index is 0.103. The summed E-state index contributed by atoms with van der Waals surface area (Å²) in [7, 11) is 0. The largest absolute Gasteiger partial charge is 0.143 e. The summed E-state index contributed by atoms with van der Waals surface area (Å²) in [6, 6.07) is 18.6. The van der Waals surface area contributed by atoms with Crippen molar-refractivity contribution >= 4 is 11.8 Å². The molecule has 2 atom stereocenters. The number of thioether (sulfide) groups is 1. The minimum atomic E-state index is 0.103. The summed E-state index contributed by atoms with van der Waals surface area (Å²) in [6.45, 7) is 16.1. The Morgan fingerprint density at radius 2 is 1.23 bits per heavy atom. The van der Waals surface area contributed by atoms with Gasteiger partial charge in [-0.2, -0.15) is 0 Å². The van der Waals surface area contributed by atoms with Crippen LogP contribution in [0.25, 0.3) is 0 Å². The van der Waals surface area contributed by atoms with Crippen molar-refractivity contribution in [2.75, 3.05) is 0 Å². The van der Waals surface area contributed by atoms with Crippen LogP contribution in [0.4, 0.5) is 0 Å². The lowest BCUT2D eigenvalue weighted by Crippen LogP contribution is -2.15. The molecule has 0 fully saturated rings. The Morgan fingerprint density at radius 3 is 1.69 bits per heavy atom. The summed E-state index contributed by atoms with van der Waals surface area (Å²) in [4.78, 5) is 0. The molecule has 0 aliphatic heterocycles. The summed E-state index contributed by atoms with van der Waals surface area (Å²) in [5.41, 5.74) is 5.75. The second-order valence-corrected chi connectivity index (χ2v) is 10.1. The Hall–Kier alpha value is -1.21. The van der Waals surface area contributed by atoms with E-state index in [0.717, 1.165) is 6.42 Å². The Bertz CT molecular complexity index is 664. The van der Waals surface area contributed by atoms with Gasteiger partial charge < -0.3 is 0 Å². The molecule has 0 saturated heterocycles. The van der Waals surface area contributed by atoms with E-state index in [1.165, 1.54) is 28.7 Å². The van der Waals surface area contributed by atoms with Crippen molar-refractivity contribution in [1.29, 1.82) is 0 Å². The normalized spacial score (nSPS) is 14.5. The van der Waals surface area contributed by atoms with E-state index < -0.39 is 0 Å². The molecule has 2 unspecified atom stereocenters. The summed E-state index contributed by atoms with van der Waals surface area (Å²) >= 11 is 2.09. The number of benzene rings is 2. The molecule has 0 radical (unpaired) electrons. The topological polar surface area (TPSA) is 0 Å². The molecule has 0 saturated carbocycles. The van der Waals surface area contributed by atoms with Crippen LogP contribution in [0.15, 0.2) is 48.5 Å². The quantitative estimate of drug-likeness (QED) is 0.450. The average Bonchev–Trinajstić information content (AvgIpc) is 2.65. The van der Waals surface area contributed by atoms with Crippen LogP contribution < -0.4 is 0 Å². The lowest BCUT2D eigenvalue weighted by Gasteiger charge is -2.30. The van der Waals surface area contributed by atoms with Crippen LogP contribution in [0.5, 0.6) is 0 Å². The molecule has 0 aromatic heterocycles. The molecule has 0 nitrogen and oxygen atoms in total. The van der Waals surface area contributed by atoms with Gasteiger partial charge in [-0.3, -0.25) is 0 Å². The van der Waals surface area contributed by atoms with Crippen molar-refractivity contribution in [3.63, 3.8) is 0 Å². The standard InChI is InChI=1S/C25H36S/c1-8-19(5)21-14-16-23(17-15-21)25(6,7)26-24(9-2)22-12-10-20(11-13-22)18(3)4/h10-19,24H,8-9H2,1-7H3. The average molecular weight is 369 g/mol. The Morgan fingerprint density at radius 1 is 0.731 bits per heavy atom. The molecule has 0 heterocycles. The van der Waals surface area contributed by atoms with Crippen molar-refractivity contribution in [1.82, 2.24) is 0 Å². The lowest BCUT2D eigenvalue weighted by molar-refractivity contribution is 0.727. The van der Waals surface area contributed by atoms with Crippen molar-refractivity contribution in [3.05, 3.63) is 70.8 Å². The molecule has 0 amide bonds. The van der Waals surface area contributed by atoms with Gasteiger partial charge in [0.15, 0.2) is 0 Å². The van der Waals surface area contributed by atoms with E-state index in [1.807, 2.05) is 0 Å². The number of hydrogen-bond donors (Lipinski definition) is 0. The highest BCUT2D eigenvalue weighted by atomic mass is 32.2. The molecule has 2 aromatic carbocycles. The van der Waals surface area contributed by atoms with Crippen LogP contribution in [0, 0.1) is 0 Å². The molecule has 2 aromatic rings. The number of hydrogen-bond acceptors (Lipinski definition) is 1. The minimum Gasteiger partial charge on any atom is -0.143 e. The summed E-state index contributed by atoms with van der Waals surface area (Å²) in [5.74, 6) is 1.24. The molecule has 0 aliphatic carbocycles. The van der Waals surface area contributed by atoms with Gasteiger partial charge in [0.25, 0.3) is 0 Å². The zero-order valence-electron chi connectivity index (χ0n) is 17.7. The van der Waals surface area contributed by atoms with E-state index in [4.69, 9.17) is 0 Å². The SMILES string of the molecule is CCC(C)c1ccc(C(C)(C)SC(CC)c2ccc(C(C)C)cc2)cc1. The molecule has 1 heteroatoms. The fourth-order valence-electron chi connectivity index (χ4n) is 3.36. The zero-order chi connectivity index (χ0) is 19.3. The van der Waals surface area contributed by atoms with Gasteiger partial charge in [0.05, 0.1) is 0 Å². The molecular weight excluding hydrogens is 332 g/mol. The molecule has 0 bridgehead atoms. The fraction of sp³-hybridized carbons (Fsp3) is 0.520.